The first-order chi connectivity index (χ1) is 10.0. The van der Waals surface area contributed by atoms with Gasteiger partial charge in [-0.3, -0.25) is 0 Å². The smallest absolute Gasteiger partial charge is 0.0342 e. The fourth-order valence-electron chi connectivity index (χ4n) is 3.09. The third kappa shape index (κ3) is 5.33. The van der Waals surface area contributed by atoms with Gasteiger partial charge in [-0.2, -0.15) is 0 Å². The van der Waals surface area contributed by atoms with Crippen molar-refractivity contribution in [2.24, 2.45) is 0 Å². The molecule has 1 heterocycles. The molecule has 0 aromatic heterocycles. The molecule has 1 atom stereocenters. The van der Waals surface area contributed by atoms with Gasteiger partial charge in [-0.25, -0.2) is 0 Å². The van der Waals surface area contributed by atoms with Crippen molar-refractivity contribution in [1.82, 2.24) is 9.80 Å². The van der Waals surface area contributed by atoms with Crippen LogP contribution in [0.3, 0.4) is 0 Å². The Bertz CT molecular complexity index is 411. The molecule has 1 unspecified atom stereocenters. The number of rotatable bonds is 5. The zero-order valence-electron chi connectivity index (χ0n) is 14.1. The maximum Gasteiger partial charge on any atom is 0.0342 e. The van der Waals surface area contributed by atoms with Gasteiger partial charge in [0.1, 0.15) is 0 Å². The highest BCUT2D eigenvalue weighted by molar-refractivity contribution is 5.45. The fourth-order valence-corrected chi connectivity index (χ4v) is 3.09. The molecule has 1 N–H and O–H groups in total. The van der Waals surface area contributed by atoms with Crippen LogP contribution in [0.4, 0.5) is 5.69 Å². The molecule has 0 saturated carbocycles. The molecule has 1 aromatic rings. The predicted molar refractivity (Wildman–Crippen MR) is 91.8 cm³/mol. The van der Waals surface area contributed by atoms with E-state index in [0.29, 0.717) is 12.1 Å². The van der Waals surface area contributed by atoms with Crippen LogP contribution in [0.15, 0.2) is 24.3 Å². The molecule has 2 rings (SSSR count). The van der Waals surface area contributed by atoms with Gasteiger partial charge in [0.15, 0.2) is 0 Å². The lowest BCUT2D eigenvalue weighted by molar-refractivity contribution is 0.230. The summed E-state index contributed by atoms with van der Waals surface area (Å²) in [4.78, 5) is 4.80. The van der Waals surface area contributed by atoms with Crippen molar-refractivity contribution >= 4 is 5.69 Å². The first-order valence-corrected chi connectivity index (χ1v) is 8.29. The second kappa shape index (κ2) is 7.81. The van der Waals surface area contributed by atoms with Crippen LogP contribution in [-0.4, -0.2) is 49.1 Å². The monoisotopic (exact) mass is 289 g/mol. The number of hydrogen-bond donors (Lipinski definition) is 1. The van der Waals surface area contributed by atoms with Crippen LogP contribution >= 0.6 is 0 Å². The molecule has 0 spiro atoms. The lowest BCUT2D eigenvalue weighted by Crippen LogP contribution is -2.32. The Morgan fingerprint density at radius 3 is 2.48 bits per heavy atom. The minimum Gasteiger partial charge on any atom is -0.382 e. The third-order valence-electron chi connectivity index (χ3n) is 4.32. The van der Waals surface area contributed by atoms with E-state index in [0.717, 1.165) is 6.54 Å². The zero-order chi connectivity index (χ0) is 15.2. The lowest BCUT2D eigenvalue weighted by Gasteiger charge is -2.24. The molecule has 0 radical (unpaired) electrons. The molecule has 1 fully saturated rings. The molecule has 3 heteroatoms. The number of nitrogens with zero attached hydrogens (tertiary/aromatic N) is 2. The SMILES string of the molecule is CC(C)N1CCCC(Nc2ccc(CN(C)C)cc2)CC1. The lowest BCUT2D eigenvalue weighted by atomic mass is 10.1. The van der Waals surface area contributed by atoms with E-state index in [4.69, 9.17) is 0 Å². The Hall–Kier alpha value is -1.06. The Morgan fingerprint density at radius 2 is 1.86 bits per heavy atom. The highest BCUT2D eigenvalue weighted by Gasteiger charge is 2.18. The number of nitrogens with one attached hydrogen (secondary N) is 1. The summed E-state index contributed by atoms with van der Waals surface area (Å²) in [5.74, 6) is 0. The first kappa shape index (κ1) is 16.3. The summed E-state index contributed by atoms with van der Waals surface area (Å²) in [6.45, 7) is 8.08. The molecule has 1 aliphatic heterocycles. The van der Waals surface area contributed by atoms with Crippen LogP contribution in [0.1, 0.15) is 38.7 Å². The van der Waals surface area contributed by atoms with Gasteiger partial charge in [-0.15, -0.1) is 0 Å². The molecule has 1 aromatic carbocycles. The Morgan fingerprint density at radius 1 is 1.14 bits per heavy atom. The molecule has 1 saturated heterocycles. The summed E-state index contributed by atoms with van der Waals surface area (Å²) in [7, 11) is 4.22. The van der Waals surface area contributed by atoms with Gasteiger partial charge in [0.25, 0.3) is 0 Å². The Labute approximate surface area is 130 Å². The average molecular weight is 289 g/mol. The summed E-state index contributed by atoms with van der Waals surface area (Å²) >= 11 is 0. The summed E-state index contributed by atoms with van der Waals surface area (Å²) in [6.07, 6.45) is 3.83. The van der Waals surface area contributed by atoms with Crippen molar-refractivity contribution in [1.29, 1.82) is 0 Å². The van der Waals surface area contributed by atoms with Crippen molar-refractivity contribution in [3.05, 3.63) is 29.8 Å². The zero-order valence-corrected chi connectivity index (χ0v) is 14.1. The number of benzene rings is 1. The highest BCUT2D eigenvalue weighted by Crippen LogP contribution is 2.19. The van der Waals surface area contributed by atoms with E-state index in [1.807, 2.05) is 0 Å². The van der Waals surface area contributed by atoms with Gasteiger partial charge >= 0.3 is 0 Å². The maximum absolute atomic E-state index is 3.72. The van der Waals surface area contributed by atoms with Crippen molar-refractivity contribution in [3.8, 4) is 0 Å². The van der Waals surface area contributed by atoms with E-state index < -0.39 is 0 Å². The van der Waals surface area contributed by atoms with E-state index in [1.54, 1.807) is 0 Å². The molecular weight excluding hydrogens is 258 g/mol. The molecule has 1 aliphatic rings. The summed E-state index contributed by atoms with van der Waals surface area (Å²) in [5, 5.41) is 3.72. The van der Waals surface area contributed by atoms with Crippen LogP contribution in [0.5, 0.6) is 0 Å². The second-order valence-electron chi connectivity index (χ2n) is 6.84. The molecule has 0 aliphatic carbocycles. The van der Waals surface area contributed by atoms with Crippen molar-refractivity contribution in [2.45, 2.75) is 51.7 Å². The van der Waals surface area contributed by atoms with E-state index in [2.05, 4.69) is 67.3 Å². The molecule has 3 nitrogen and oxygen atoms in total. The topological polar surface area (TPSA) is 18.5 Å². The van der Waals surface area contributed by atoms with Gasteiger partial charge in [0.2, 0.25) is 0 Å². The normalized spacial score (nSPS) is 20.8. The van der Waals surface area contributed by atoms with Crippen molar-refractivity contribution in [3.63, 3.8) is 0 Å². The highest BCUT2D eigenvalue weighted by atomic mass is 15.1. The molecule has 118 valence electrons. The number of anilines is 1. The van der Waals surface area contributed by atoms with Crippen LogP contribution in [0, 0.1) is 0 Å². The summed E-state index contributed by atoms with van der Waals surface area (Å²) < 4.78 is 0. The minimum absolute atomic E-state index is 0.619. The maximum atomic E-state index is 3.72. The van der Waals surface area contributed by atoms with Gasteiger partial charge in [0.05, 0.1) is 0 Å². The number of likely N-dealkylation sites (tertiary alicyclic amines) is 1. The van der Waals surface area contributed by atoms with Crippen molar-refractivity contribution < 1.29 is 0 Å². The second-order valence-corrected chi connectivity index (χ2v) is 6.84. The summed E-state index contributed by atoms with van der Waals surface area (Å²) in [6, 6.07) is 10.2. The molecule has 0 bridgehead atoms. The molecule has 21 heavy (non-hydrogen) atoms. The largest absolute Gasteiger partial charge is 0.382 e. The average Bonchev–Trinajstić information content (AvgIpc) is 2.66. The van der Waals surface area contributed by atoms with Crippen molar-refractivity contribution in [2.75, 3.05) is 32.5 Å². The molecular formula is C18H31N3. The number of hydrogen-bond acceptors (Lipinski definition) is 3. The van der Waals surface area contributed by atoms with E-state index in [-0.39, 0.29) is 0 Å². The predicted octanol–water partition coefficient (Wildman–Crippen LogP) is 3.42. The van der Waals surface area contributed by atoms with E-state index >= 15 is 0 Å². The summed E-state index contributed by atoms with van der Waals surface area (Å²) in [5.41, 5.74) is 2.64. The van der Waals surface area contributed by atoms with Gasteiger partial charge in [-0.1, -0.05) is 12.1 Å². The van der Waals surface area contributed by atoms with E-state index in [1.165, 1.54) is 43.6 Å². The Kier molecular flexibility index (Phi) is 6.07. The van der Waals surface area contributed by atoms with Crippen LogP contribution in [0.2, 0.25) is 0 Å². The minimum atomic E-state index is 0.619. The van der Waals surface area contributed by atoms with Crippen LogP contribution in [-0.2, 0) is 6.54 Å². The van der Waals surface area contributed by atoms with E-state index in [9.17, 15) is 0 Å². The first-order valence-electron chi connectivity index (χ1n) is 8.29. The fraction of sp³-hybridized carbons (Fsp3) is 0.667. The van der Waals surface area contributed by atoms with Crippen LogP contribution in [0.25, 0.3) is 0 Å². The van der Waals surface area contributed by atoms with Gasteiger partial charge < -0.3 is 15.1 Å². The third-order valence-corrected chi connectivity index (χ3v) is 4.32. The molecule has 0 amide bonds. The van der Waals surface area contributed by atoms with Gasteiger partial charge in [-0.05, 0) is 71.4 Å². The standard InChI is InChI=1S/C18H31N3/c1-15(2)21-12-5-6-17(11-13-21)19-18-9-7-16(8-10-18)14-20(3)4/h7-10,15,17,19H,5-6,11-14H2,1-4H3. The van der Waals surface area contributed by atoms with Crippen LogP contribution < -0.4 is 5.32 Å². The Balaban J connectivity index is 1.86. The quantitative estimate of drug-likeness (QED) is 0.896. The van der Waals surface area contributed by atoms with Gasteiger partial charge in [0, 0.05) is 30.9 Å².